The molecule has 1 amide bonds. The van der Waals surface area contributed by atoms with E-state index in [1.54, 1.807) is 4.90 Å². The average Bonchev–Trinajstić information content (AvgIpc) is 3.14. The summed E-state index contributed by atoms with van der Waals surface area (Å²) in [7, 11) is 5.53. The van der Waals surface area contributed by atoms with E-state index >= 15 is 0 Å². The highest BCUT2D eigenvalue weighted by atomic mass is 16.2. The molecule has 1 aliphatic carbocycles. The molecule has 0 aromatic heterocycles. The van der Waals surface area contributed by atoms with Gasteiger partial charge in [-0.2, -0.15) is 0 Å². The van der Waals surface area contributed by atoms with E-state index in [2.05, 4.69) is 27.4 Å². The third-order valence-electron chi connectivity index (χ3n) is 6.24. The number of guanidine groups is 1. The number of rotatable bonds is 7. The molecule has 0 atom stereocenters. The van der Waals surface area contributed by atoms with Crippen LogP contribution >= 0.6 is 0 Å². The lowest BCUT2D eigenvalue weighted by Gasteiger charge is -2.32. The van der Waals surface area contributed by atoms with Crippen LogP contribution in [0.15, 0.2) is 4.99 Å². The lowest BCUT2D eigenvalue weighted by atomic mass is 9.84. The molecule has 0 bridgehead atoms. The largest absolute Gasteiger partial charge is 0.356 e. The Hall–Kier alpha value is -1.30. The van der Waals surface area contributed by atoms with E-state index in [9.17, 15) is 4.79 Å². The van der Waals surface area contributed by atoms with Crippen LogP contribution in [0.3, 0.4) is 0 Å². The summed E-state index contributed by atoms with van der Waals surface area (Å²) < 4.78 is 0. The van der Waals surface area contributed by atoms with Crippen molar-refractivity contribution in [1.29, 1.82) is 0 Å². The van der Waals surface area contributed by atoms with Gasteiger partial charge in [-0.1, -0.05) is 19.8 Å². The highest BCUT2D eigenvalue weighted by Crippen LogP contribution is 2.38. The summed E-state index contributed by atoms with van der Waals surface area (Å²) in [5.41, 5.74) is -0.256. The number of carbonyl (C=O) groups excluding carboxylic acids is 1. The molecular formula is C20H39N5O. The third kappa shape index (κ3) is 5.60. The van der Waals surface area contributed by atoms with E-state index in [1.165, 1.54) is 38.9 Å². The maximum absolute atomic E-state index is 12.7. The SMILES string of the molecule is CCN1CCC(CCNC(=NC)NCC2(C(=O)N(C)C)CCCC2)CC1. The van der Waals surface area contributed by atoms with Gasteiger partial charge in [0.15, 0.2) is 5.96 Å². The Kier molecular flexibility index (Phi) is 8.19. The number of amides is 1. The second-order valence-corrected chi connectivity index (χ2v) is 8.21. The van der Waals surface area contributed by atoms with Gasteiger partial charge in [-0.3, -0.25) is 9.79 Å². The van der Waals surface area contributed by atoms with Crippen LogP contribution in [0.4, 0.5) is 0 Å². The summed E-state index contributed by atoms with van der Waals surface area (Å²) in [6.45, 7) is 7.53. The number of piperidine rings is 1. The van der Waals surface area contributed by atoms with Crippen molar-refractivity contribution >= 4 is 11.9 Å². The number of likely N-dealkylation sites (tertiary alicyclic amines) is 1. The van der Waals surface area contributed by atoms with Crippen LogP contribution in [0, 0.1) is 11.3 Å². The molecule has 0 unspecified atom stereocenters. The zero-order chi connectivity index (χ0) is 19.0. The number of carbonyl (C=O) groups is 1. The lowest BCUT2D eigenvalue weighted by Crippen LogP contribution is -2.49. The summed E-state index contributed by atoms with van der Waals surface area (Å²) >= 11 is 0. The zero-order valence-electron chi connectivity index (χ0n) is 17.3. The number of nitrogens with one attached hydrogen (secondary N) is 2. The Morgan fingerprint density at radius 2 is 1.85 bits per heavy atom. The Morgan fingerprint density at radius 3 is 2.38 bits per heavy atom. The van der Waals surface area contributed by atoms with Crippen molar-refractivity contribution in [3.8, 4) is 0 Å². The molecule has 26 heavy (non-hydrogen) atoms. The van der Waals surface area contributed by atoms with Crippen molar-refractivity contribution in [1.82, 2.24) is 20.4 Å². The van der Waals surface area contributed by atoms with Crippen molar-refractivity contribution in [3.05, 3.63) is 0 Å². The van der Waals surface area contributed by atoms with Gasteiger partial charge in [0.25, 0.3) is 0 Å². The third-order valence-corrected chi connectivity index (χ3v) is 6.24. The molecule has 150 valence electrons. The minimum Gasteiger partial charge on any atom is -0.356 e. The molecule has 2 N–H and O–H groups in total. The molecule has 6 heteroatoms. The first kappa shape index (κ1) is 21.0. The molecule has 1 heterocycles. The van der Waals surface area contributed by atoms with Crippen LogP contribution < -0.4 is 10.6 Å². The topological polar surface area (TPSA) is 60.0 Å². The van der Waals surface area contributed by atoms with Crippen molar-refractivity contribution in [2.75, 3.05) is 53.9 Å². The van der Waals surface area contributed by atoms with E-state index in [0.717, 1.165) is 44.1 Å². The van der Waals surface area contributed by atoms with E-state index in [1.807, 2.05) is 21.1 Å². The van der Waals surface area contributed by atoms with Gasteiger partial charge < -0.3 is 20.4 Å². The quantitative estimate of drug-likeness (QED) is 0.535. The fourth-order valence-electron chi connectivity index (χ4n) is 4.45. The van der Waals surface area contributed by atoms with E-state index < -0.39 is 0 Å². The molecule has 2 rings (SSSR count). The summed E-state index contributed by atoms with van der Waals surface area (Å²) in [6.07, 6.45) is 8.05. The number of hydrogen-bond donors (Lipinski definition) is 2. The molecule has 2 aliphatic rings. The highest BCUT2D eigenvalue weighted by Gasteiger charge is 2.42. The minimum atomic E-state index is -0.256. The van der Waals surface area contributed by atoms with Crippen molar-refractivity contribution in [3.63, 3.8) is 0 Å². The molecule has 6 nitrogen and oxygen atoms in total. The van der Waals surface area contributed by atoms with Crippen molar-refractivity contribution in [2.45, 2.75) is 51.9 Å². The first-order chi connectivity index (χ1) is 12.5. The van der Waals surface area contributed by atoms with Crippen LogP contribution in [-0.4, -0.2) is 75.5 Å². The van der Waals surface area contributed by atoms with Gasteiger partial charge in [0.2, 0.25) is 5.91 Å². The summed E-state index contributed by atoms with van der Waals surface area (Å²) in [4.78, 5) is 21.3. The van der Waals surface area contributed by atoms with Gasteiger partial charge in [0.05, 0.1) is 5.41 Å². The van der Waals surface area contributed by atoms with E-state index in [4.69, 9.17) is 0 Å². The van der Waals surface area contributed by atoms with Gasteiger partial charge in [-0.15, -0.1) is 0 Å². The molecule has 1 saturated heterocycles. The molecule has 0 radical (unpaired) electrons. The molecular weight excluding hydrogens is 326 g/mol. The van der Waals surface area contributed by atoms with Gasteiger partial charge in [-0.05, 0) is 57.7 Å². The Labute approximate surface area is 159 Å². The van der Waals surface area contributed by atoms with Crippen molar-refractivity contribution < 1.29 is 4.79 Å². The first-order valence-electron chi connectivity index (χ1n) is 10.4. The van der Waals surface area contributed by atoms with Crippen molar-refractivity contribution in [2.24, 2.45) is 16.3 Å². The predicted octanol–water partition coefficient (Wildman–Crippen LogP) is 1.92. The molecule has 0 aromatic carbocycles. The smallest absolute Gasteiger partial charge is 0.230 e. The maximum Gasteiger partial charge on any atom is 0.230 e. The molecule has 0 spiro atoms. The summed E-state index contributed by atoms with van der Waals surface area (Å²) in [5.74, 6) is 1.90. The van der Waals surface area contributed by atoms with Gasteiger partial charge in [0.1, 0.15) is 0 Å². The summed E-state index contributed by atoms with van der Waals surface area (Å²) in [6, 6.07) is 0. The predicted molar refractivity (Wildman–Crippen MR) is 108 cm³/mol. The van der Waals surface area contributed by atoms with Gasteiger partial charge in [0, 0.05) is 34.2 Å². The fraction of sp³-hybridized carbons (Fsp3) is 0.900. The maximum atomic E-state index is 12.7. The van der Waals surface area contributed by atoms with Crippen LogP contribution in [0.2, 0.25) is 0 Å². The Morgan fingerprint density at radius 1 is 1.19 bits per heavy atom. The van der Waals surface area contributed by atoms with Crippen LogP contribution in [0.25, 0.3) is 0 Å². The minimum absolute atomic E-state index is 0.251. The second kappa shape index (κ2) is 10.1. The standard InChI is InChI=1S/C20H39N5O/c1-5-25-14-9-17(10-15-25)8-13-22-19(21-2)23-16-20(11-6-7-12-20)18(26)24(3)4/h17H,5-16H2,1-4H3,(H2,21,22,23). The summed E-state index contributed by atoms with van der Waals surface area (Å²) in [5, 5.41) is 6.88. The highest BCUT2D eigenvalue weighted by molar-refractivity contribution is 5.85. The van der Waals surface area contributed by atoms with Crippen LogP contribution in [-0.2, 0) is 4.79 Å². The monoisotopic (exact) mass is 365 g/mol. The molecule has 2 fully saturated rings. The average molecular weight is 366 g/mol. The lowest BCUT2D eigenvalue weighted by molar-refractivity contribution is -0.138. The fourth-order valence-corrected chi connectivity index (χ4v) is 4.45. The van der Waals surface area contributed by atoms with Crippen LogP contribution in [0.5, 0.6) is 0 Å². The number of hydrogen-bond acceptors (Lipinski definition) is 3. The zero-order valence-corrected chi connectivity index (χ0v) is 17.3. The molecule has 0 aromatic rings. The van der Waals surface area contributed by atoms with E-state index in [-0.39, 0.29) is 11.3 Å². The Balaban J connectivity index is 1.74. The van der Waals surface area contributed by atoms with E-state index in [0.29, 0.717) is 6.54 Å². The van der Waals surface area contributed by atoms with Gasteiger partial charge >= 0.3 is 0 Å². The molecule has 1 saturated carbocycles. The normalized spacial score (nSPS) is 21.6. The number of nitrogens with zero attached hydrogens (tertiary/aromatic N) is 3. The first-order valence-corrected chi connectivity index (χ1v) is 10.4. The second-order valence-electron chi connectivity index (χ2n) is 8.21. The Bertz CT molecular complexity index is 463. The van der Waals surface area contributed by atoms with Gasteiger partial charge in [-0.25, -0.2) is 0 Å². The van der Waals surface area contributed by atoms with Crippen LogP contribution in [0.1, 0.15) is 51.9 Å². The molecule has 1 aliphatic heterocycles. The number of aliphatic imine (C=N–C) groups is 1.